The Morgan fingerprint density at radius 3 is 2.14 bits per heavy atom. The molecule has 0 aliphatic heterocycles. The van der Waals surface area contributed by atoms with E-state index in [4.69, 9.17) is 21.1 Å². The van der Waals surface area contributed by atoms with Crippen LogP contribution in [0.1, 0.15) is 39.5 Å². The Morgan fingerprint density at radius 2 is 1.62 bits per heavy atom. The van der Waals surface area contributed by atoms with Gasteiger partial charge in [0, 0.05) is 18.2 Å². The first-order chi connectivity index (χ1) is 10.0. The molecule has 3 nitrogen and oxygen atoms in total. The van der Waals surface area contributed by atoms with E-state index in [9.17, 15) is 0 Å². The van der Waals surface area contributed by atoms with Crippen LogP contribution in [0.5, 0.6) is 11.5 Å². The van der Waals surface area contributed by atoms with E-state index in [0.29, 0.717) is 22.6 Å². The van der Waals surface area contributed by atoms with Crippen molar-refractivity contribution in [1.82, 2.24) is 0 Å². The number of ether oxygens (including phenoxy) is 2. The molecule has 1 N–H and O–H groups in total. The minimum atomic E-state index is 0.496. The van der Waals surface area contributed by atoms with Crippen LogP contribution in [0.3, 0.4) is 0 Å². The van der Waals surface area contributed by atoms with E-state index in [0.717, 1.165) is 17.5 Å². The predicted octanol–water partition coefficient (Wildman–Crippen LogP) is 4.98. The van der Waals surface area contributed by atoms with Gasteiger partial charge < -0.3 is 14.8 Å². The van der Waals surface area contributed by atoms with E-state index in [1.165, 1.54) is 25.7 Å². The van der Waals surface area contributed by atoms with Crippen LogP contribution in [0, 0.1) is 11.8 Å². The maximum Gasteiger partial charge on any atom is 0.162 e. The summed E-state index contributed by atoms with van der Waals surface area (Å²) >= 11 is 6.34. The number of rotatable bonds is 5. The number of hydrogen-bond acceptors (Lipinski definition) is 3. The Kier molecular flexibility index (Phi) is 5.63. The lowest BCUT2D eigenvalue weighted by atomic mass is 9.79. The largest absolute Gasteiger partial charge is 0.493 e. The molecule has 1 aliphatic rings. The molecule has 1 saturated carbocycles. The summed E-state index contributed by atoms with van der Waals surface area (Å²) in [6, 6.07) is 4.23. The molecule has 0 saturated heterocycles. The lowest BCUT2D eigenvalue weighted by Crippen LogP contribution is -2.28. The number of benzene rings is 1. The topological polar surface area (TPSA) is 30.5 Å². The molecule has 1 fully saturated rings. The SMILES string of the molecule is COc1cc(Cl)c(NC2CCC(C(C)C)CC2)cc1OC. The number of anilines is 1. The molecule has 0 spiro atoms. The van der Waals surface area contributed by atoms with Crippen molar-refractivity contribution >= 4 is 17.3 Å². The number of nitrogens with one attached hydrogen (secondary N) is 1. The van der Waals surface area contributed by atoms with Crippen LogP contribution in [0.4, 0.5) is 5.69 Å². The first-order valence-electron chi connectivity index (χ1n) is 7.73. The van der Waals surface area contributed by atoms with Crippen molar-refractivity contribution in [3.05, 3.63) is 17.2 Å². The molecule has 0 heterocycles. The van der Waals surface area contributed by atoms with Gasteiger partial charge >= 0.3 is 0 Å². The van der Waals surface area contributed by atoms with Gasteiger partial charge in [0.05, 0.1) is 24.9 Å². The van der Waals surface area contributed by atoms with Crippen molar-refractivity contribution in [3.63, 3.8) is 0 Å². The molecule has 0 atom stereocenters. The average molecular weight is 312 g/mol. The fourth-order valence-corrected chi connectivity index (χ4v) is 3.32. The molecule has 2 rings (SSSR count). The molecule has 0 unspecified atom stereocenters. The molecule has 1 aromatic carbocycles. The van der Waals surface area contributed by atoms with Crippen molar-refractivity contribution < 1.29 is 9.47 Å². The molecule has 0 radical (unpaired) electrons. The average Bonchev–Trinajstić information content (AvgIpc) is 2.49. The third kappa shape index (κ3) is 3.97. The second-order valence-electron chi connectivity index (χ2n) is 6.19. The van der Waals surface area contributed by atoms with Crippen LogP contribution >= 0.6 is 11.6 Å². The molecular weight excluding hydrogens is 286 g/mol. The van der Waals surface area contributed by atoms with E-state index in [2.05, 4.69) is 19.2 Å². The normalized spacial score (nSPS) is 22.2. The molecule has 4 heteroatoms. The maximum absolute atomic E-state index is 6.34. The van der Waals surface area contributed by atoms with Crippen molar-refractivity contribution in [2.75, 3.05) is 19.5 Å². The highest BCUT2D eigenvalue weighted by atomic mass is 35.5. The zero-order valence-corrected chi connectivity index (χ0v) is 14.2. The lowest BCUT2D eigenvalue weighted by Gasteiger charge is -2.32. The predicted molar refractivity (Wildman–Crippen MR) is 88.8 cm³/mol. The van der Waals surface area contributed by atoms with Crippen LogP contribution < -0.4 is 14.8 Å². The summed E-state index contributed by atoms with van der Waals surface area (Å²) in [7, 11) is 3.26. The van der Waals surface area contributed by atoms with Gasteiger partial charge in [0.15, 0.2) is 11.5 Å². The van der Waals surface area contributed by atoms with Crippen LogP contribution in [0.2, 0.25) is 5.02 Å². The molecular formula is C17H26ClNO2. The Hall–Kier alpha value is -1.09. The highest BCUT2D eigenvalue weighted by molar-refractivity contribution is 6.33. The minimum absolute atomic E-state index is 0.496. The van der Waals surface area contributed by atoms with E-state index < -0.39 is 0 Å². The summed E-state index contributed by atoms with van der Waals surface area (Å²) in [5.41, 5.74) is 0.933. The van der Waals surface area contributed by atoms with E-state index in [-0.39, 0.29) is 0 Å². The molecule has 0 bridgehead atoms. The molecule has 1 aliphatic carbocycles. The summed E-state index contributed by atoms with van der Waals surface area (Å²) in [4.78, 5) is 0. The maximum atomic E-state index is 6.34. The summed E-state index contributed by atoms with van der Waals surface area (Å²) < 4.78 is 10.6. The Labute approximate surface area is 133 Å². The van der Waals surface area contributed by atoms with Crippen LogP contribution in [-0.2, 0) is 0 Å². The fourth-order valence-electron chi connectivity index (χ4n) is 3.11. The minimum Gasteiger partial charge on any atom is -0.493 e. The van der Waals surface area contributed by atoms with Gasteiger partial charge in [-0.1, -0.05) is 25.4 Å². The van der Waals surface area contributed by atoms with Gasteiger partial charge in [-0.25, -0.2) is 0 Å². The number of methoxy groups -OCH3 is 2. The van der Waals surface area contributed by atoms with Crippen molar-refractivity contribution in [3.8, 4) is 11.5 Å². The molecule has 0 amide bonds. The molecule has 118 valence electrons. The van der Waals surface area contributed by atoms with Gasteiger partial charge in [-0.3, -0.25) is 0 Å². The summed E-state index contributed by atoms with van der Waals surface area (Å²) in [5, 5.41) is 4.25. The summed E-state index contributed by atoms with van der Waals surface area (Å²) in [6.07, 6.45) is 4.99. The van der Waals surface area contributed by atoms with Gasteiger partial charge in [-0.2, -0.15) is 0 Å². The number of halogens is 1. The van der Waals surface area contributed by atoms with Gasteiger partial charge in [0.1, 0.15) is 0 Å². The van der Waals surface area contributed by atoms with E-state index in [1.807, 2.05) is 12.1 Å². The van der Waals surface area contributed by atoms with Gasteiger partial charge in [-0.15, -0.1) is 0 Å². The van der Waals surface area contributed by atoms with Gasteiger partial charge in [0.2, 0.25) is 0 Å². The smallest absolute Gasteiger partial charge is 0.162 e. The van der Waals surface area contributed by atoms with E-state index >= 15 is 0 Å². The van der Waals surface area contributed by atoms with Gasteiger partial charge in [-0.05, 0) is 37.5 Å². The highest BCUT2D eigenvalue weighted by Gasteiger charge is 2.23. The van der Waals surface area contributed by atoms with Crippen LogP contribution in [0.25, 0.3) is 0 Å². The highest BCUT2D eigenvalue weighted by Crippen LogP contribution is 2.38. The molecule has 21 heavy (non-hydrogen) atoms. The standard InChI is InChI=1S/C17H26ClNO2/c1-11(2)12-5-7-13(8-6-12)19-15-10-17(21-4)16(20-3)9-14(15)18/h9-13,19H,5-8H2,1-4H3. The quantitative estimate of drug-likeness (QED) is 0.831. The van der Waals surface area contributed by atoms with Crippen molar-refractivity contribution in [2.24, 2.45) is 11.8 Å². The fraction of sp³-hybridized carbons (Fsp3) is 0.647. The van der Waals surface area contributed by atoms with Crippen molar-refractivity contribution in [1.29, 1.82) is 0 Å². The summed E-state index contributed by atoms with van der Waals surface area (Å²) in [6.45, 7) is 4.65. The molecule has 1 aromatic rings. The lowest BCUT2D eigenvalue weighted by molar-refractivity contribution is 0.267. The van der Waals surface area contributed by atoms with Crippen LogP contribution in [0.15, 0.2) is 12.1 Å². The monoisotopic (exact) mass is 311 g/mol. The second-order valence-corrected chi connectivity index (χ2v) is 6.59. The third-order valence-corrected chi connectivity index (χ3v) is 4.86. The van der Waals surface area contributed by atoms with E-state index in [1.54, 1.807) is 14.2 Å². The third-order valence-electron chi connectivity index (χ3n) is 4.55. The van der Waals surface area contributed by atoms with Crippen LogP contribution in [-0.4, -0.2) is 20.3 Å². The zero-order chi connectivity index (χ0) is 15.4. The summed E-state index contributed by atoms with van der Waals surface area (Å²) in [5.74, 6) is 3.02. The van der Waals surface area contributed by atoms with Gasteiger partial charge in [0.25, 0.3) is 0 Å². The second kappa shape index (κ2) is 7.26. The zero-order valence-electron chi connectivity index (χ0n) is 13.4. The first kappa shape index (κ1) is 16.3. The Balaban J connectivity index is 2.03. The number of hydrogen-bond donors (Lipinski definition) is 1. The molecule has 0 aromatic heterocycles. The Bertz CT molecular complexity index is 468. The van der Waals surface area contributed by atoms with Crippen molar-refractivity contribution in [2.45, 2.75) is 45.6 Å². The Morgan fingerprint density at radius 1 is 1.05 bits per heavy atom. The first-order valence-corrected chi connectivity index (χ1v) is 8.11.